The number of hydrogen-bond acceptors (Lipinski definition) is 3. The van der Waals surface area contributed by atoms with Crippen LogP contribution in [0.25, 0.3) is 0 Å². The van der Waals surface area contributed by atoms with Crippen molar-refractivity contribution in [2.75, 3.05) is 5.73 Å². The van der Waals surface area contributed by atoms with E-state index in [9.17, 15) is 4.79 Å². The first-order valence-corrected chi connectivity index (χ1v) is 6.35. The number of nitrogen functional groups attached to an aromatic ring is 1. The van der Waals surface area contributed by atoms with Crippen molar-refractivity contribution in [3.8, 4) is 5.75 Å². The summed E-state index contributed by atoms with van der Waals surface area (Å²) in [6, 6.07) is 10.9. The van der Waals surface area contributed by atoms with Gasteiger partial charge in [0.2, 0.25) is 5.91 Å². The van der Waals surface area contributed by atoms with Gasteiger partial charge in [0.15, 0.2) is 0 Å². The van der Waals surface area contributed by atoms with Crippen LogP contribution in [0.4, 0.5) is 5.69 Å². The Morgan fingerprint density at radius 2 is 1.85 bits per heavy atom. The fraction of sp³-hybridized carbons (Fsp3) is 0.188. The van der Waals surface area contributed by atoms with Gasteiger partial charge in [0.1, 0.15) is 12.4 Å². The molecule has 0 aliphatic carbocycles. The highest BCUT2D eigenvalue weighted by atomic mass is 16.5. The number of benzene rings is 2. The van der Waals surface area contributed by atoms with E-state index in [1.54, 1.807) is 12.1 Å². The van der Waals surface area contributed by atoms with Crippen LogP contribution in [0, 0.1) is 13.8 Å². The molecule has 0 fully saturated rings. The Morgan fingerprint density at radius 1 is 1.10 bits per heavy atom. The second-order valence-electron chi connectivity index (χ2n) is 4.82. The fourth-order valence-electron chi connectivity index (χ4n) is 2.00. The maximum Gasteiger partial charge on any atom is 0.248 e. The quantitative estimate of drug-likeness (QED) is 0.838. The number of primary amides is 1. The molecule has 0 saturated heterocycles. The molecule has 0 spiro atoms. The zero-order valence-electron chi connectivity index (χ0n) is 11.6. The second-order valence-corrected chi connectivity index (χ2v) is 4.82. The van der Waals surface area contributed by atoms with Crippen molar-refractivity contribution in [3.63, 3.8) is 0 Å². The first kappa shape index (κ1) is 13.9. The number of aryl methyl sites for hydroxylation is 2. The Labute approximate surface area is 118 Å². The fourth-order valence-corrected chi connectivity index (χ4v) is 2.00. The zero-order chi connectivity index (χ0) is 14.7. The molecular formula is C16H18N2O2. The van der Waals surface area contributed by atoms with Crippen LogP contribution >= 0.6 is 0 Å². The first-order valence-electron chi connectivity index (χ1n) is 6.35. The number of carbonyl (C=O) groups is 1. The minimum absolute atomic E-state index is 0.421. The Kier molecular flexibility index (Phi) is 3.94. The van der Waals surface area contributed by atoms with Crippen LogP contribution in [0.3, 0.4) is 0 Å². The minimum atomic E-state index is -0.421. The average molecular weight is 270 g/mol. The van der Waals surface area contributed by atoms with Gasteiger partial charge in [-0.1, -0.05) is 6.07 Å². The summed E-state index contributed by atoms with van der Waals surface area (Å²) in [6.45, 7) is 4.32. The molecule has 2 aromatic carbocycles. The summed E-state index contributed by atoms with van der Waals surface area (Å²) in [5.41, 5.74) is 15.2. The van der Waals surface area contributed by atoms with Gasteiger partial charge in [-0.25, -0.2) is 0 Å². The van der Waals surface area contributed by atoms with Gasteiger partial charge in [-0.2, -0.15) is 0 Å². The molecule has 2 rings (SSSR count). The summed E-state index contributed by atoms with van der Waals surface area (Å²) in [6.07, 6.45) is 0. The Morgan fingerprint density at radius 3 is 2.45 bits per heavy atom. The van der Waals surface area contributed by atoms with E-state index in [-0.39, 0.29) is 0 Å². The highest BCUT2D eigenvalue weighted by Gasteiger charge is 2.06. The smallest absolute Gasteiger partial charge is 0.248 e. The molecule has 0 aliphatic rings. The largest absolute Gasteiger partial charge is 0.489 e. The average Bonchev–Trinajstić information content (AvgIpc) is 2.38. The maximum atomic E-state index is 11.1. The molecule has 1 amide bonds. The van der Waals surface area contributed by atoms with Gasteiger partial charge in [-0.05, 0) is 60.9 Å². The number of ether oxygens (including phenoxy) is 1. The molecule has 0 aliphatic heterocycles. The van der Waals surface area contributed by atoms with E-state index in [0.29, 0.717) is 12.2 Å². The van der Waals surface area contributed by atoms with E-state index in [1.807, 2.05) is 38.1 Å². The second kappa shape index (κ2) is 5.65. The van der Waals surface area contributed by atoms with Gasteiger partial charge in [-0.3, -0.25) is 4.79 Å². The Hall–Kier alpha value is -2.49. The van der Waals surface area contributed by atoms with Gasteiger partial charge < -0.3 is 16.2 Å². The number of nitrogens with two attached hydrogens (primary N) is 2. The van der Waals surface area contributed by atoms with Crippen LogP contribution in [0.2, 0.25) is 0 Å². The van der Waals surface area contributed by atoms with Crippen molar-refractivity contribution < 1.29 is 9.53 Å². The van der Waals surface area contributed by atoms with Crippen molar-refractivity contribution >= 4 is 11.6 Å². The minimum Gasteiger partial charge on any atom is -0.489 e. The van der Waals surface area contributed by atoms with E-state index in [2.05, 4.69) is 0 Å². The molecule has 0 atom stereocenters. The van der Waals surface area contributed by atoms with Crippen molar-refractivity contribution in [1.82, 2.24) is 0 Å². The summed E-state index contributed by atoms with van der Waals surface area (Å²) in [7, 11) is 0. The number of anilines is 1. The van der Waals surface area contributed by atoms with E-state index < -0.39 is 5.91 Å². The molecule has 0 bridgehead atoms. The van der Waals surface area contributed by atoms with Crippen LogP contribution in [-0.2, 0) is 6.61 Å². The highest BCUT2D eigenvalue weighted by Crippen LogP contribution is 2.22. The van der Waals surface area contributed by atoms with E-state index in [1.165, 1.54) is 0 Å². The maximum absolute atomic E-state index is 11.1. The topological polar surface area (TPSA) is 78.3 Å². The van der Waals surface area contributed by atoms with Crippen molar-refractivity contribution in [2.24, 2.45) is 5.73 Å². The Balaban J connectivity index is 2.13. The van der Waals surface area contributed by atoms with Gasteiger partial charge in [-0.15, -0.1) is 0 Å². The van der Waals surface area contributed by atoms with Crippen molar-refractivity contribution in [1.29, 1.82) is 0 Å². The molecule has 4 nitrogen and oxygen atoms in total. The molecule has 4 heteroatoms. The molecule has 4 N–H and O–H groups in total. The summed E-state index contributed by atoms with van der Waals surface area (Å²) in [4.78, 5) is 11.1. The van der Waals surface area contributed by atoms with Gasteiger partial charge in [0, 0.05) is 11.3 Å². The van der Waals surface area contributed by atoms with Crippen molar-refractivity contribution in [3.05, 3.63) is 58.7 Å². The lowest BCUT2D eigenvalue weighted by molar-refractivity contribution is 0.1000. The lowest BCUT2D eigenvalue weighted by atomic mass is 10.1. The van der Waals surface area contributed by atoms with Gasteiger partial charge in [0.05, 0.1) is 0 Å². The molecule has 104 valence electrons. The van der Waals surface area contributed by atoms with Gasteiger partial charge in [0.25, 0.3) is 0 Å². The molecule has 2 aromatic rings. The standard InChI is InChI=1S/C16H18N2O2/c1-10-7-12(16(18)19)3-4-13(10)9-20-15-6-5-14(17)8-11(15)2/h3-8H,9,17H2,1-2H3,(H2,18,19). The summed E-state index contributed by atoms with van der Waals surface area (Å²) < 4.78 is 5.79. The number of rotatable bonds is 4. The van der Waals surface area contributed by atoms with Crippen molar-refractivity contribution in [2.45, 2.75) is 20.5 Å². The molecular weight excluding hydrogens is 252 g/mol. The number of amides is 1. The van der Waals surface area contributed by atoms with Gasteiger partial charge >= 0.3 is 0 Å². The third-order valence-electron chi connectivity index (χ3n) is 3.21. The lowest BCUT2D eigenvalue weighted by Crippen LogP contribution is -2.11. The van der Waals surface area contributed by atoms with E-state index in [0.717, 1.165) is 28.1 Å². The molecule has 20 heavy (non-hydrogen) atoms. The van der Waals surface area contributed by atoms with Crippen LogP contribution in [0.15, 0.2) is 36.4 Å². The van der Waals surface area contributed by atoms with Crippen LogP contribution in [0.1, 0.15) is 27.0 Å². The molecule has 0 radical (unpaired) electrons. The number of hydrogen-bond donors (Lipinski definition) is 2. The summed E-state index contributed by atoms with van der Waals surface area (Å²) in [5.74, 6) is 0.382. The van der Waals surface area contributed by atoms with E-state index >= 15 is 0 Å². The van der Waals surface area contributed by atoms with E-state index in [4.69, 9.17) is 16.2 Å². The third kappa shape index (κ3) is 3.09. The molecule has 0 saturated carbocycles. The predicted octanol–water partition coefficient (Wildman–Crippen LogP) is 2.56. The van der Waals surface area contributed by atoms with Crippen LogP contribution < -0.4 is 16.2 Å². The Bertz CT molecular complexity index is 651. The highest BCUT2D eigenvalue weighted by molar-refractivity contribution is 5.93. The molecule has 0 heterocycles. The zero-order valence-corrected chi connectivity index (χ0v) is 11.6. The lowest BCUT2D eigenvalue weighted by Gasteiger charge is -2.12. The monoisotopic (exact) mass is 270 g/mol. The summed E-state index contributed by atoms with van der Waals surface area (Å²) in [5, 5.41) is 0. The van der Waals surface area contributed by atoms with Crippen LogP contribution in [0.5, 0.6) is 5.75 Å². The first-order chi connectivity index (χ1) is 9.47. The molecule has 0 aromatic heterocycles. The number of carbonyl (C=O) groups excluding carboxylic acids is 1. The molecule has 0 unspecified atom stereocenters. The van der Waals surface area contributed by atoms with Crippen LogP contribution in [-0.4, -0.2) is 5.91 Å². The third-order valence-corrected chi connectivity index (χ3v) is 3.21. The normalized spacial score (nSPS) is 10.3. The predicted molar refractivity (Wildman–Crippen MR) is 79.6 cm³/mol. The SMILES string of the molecule is Cc1cc(C(N)=O)ccc1COc1ccc(N)cc1C. The summed E-state index contributed by atoms with van der Waals surface area (Å²) >= 11 is 0.